The summed E-state index contributed by atoms with van der Waals surface area (Å²) in [5.74, 6) is 0.236. The third-order valence-electron chi connectivity index (χ3n) is 4.94. The second kappa shape index (κ2) is 9.12. The first kappa shape index (κ1) is 22.2. The van der Waals surface area contributed by atoms with Crippen LogP contribution in [0.2, 0.25) is 5.02 Å². The summed E-state index contributed by atoms with van der Waals surface area (Å²) in [6.07, 6.45) is 2.39. The maximum absolute atomic E-state index is 12.2. The number of nitrogens with two attached hydrogens (primary N) is 1. The smallest absolute Gasteiger partial charge is 0.242 e. The van der Waals surface area contributed by atoms with Crippen LogP contribution < -0.4 is 5.73 Å². The van der Waals surface area contributed by atoms with Gasteiger partial charge in [-0.25, -0.2) is 22.7 Å². The van der Waals surface area contributed by atoms with Crippen molar-refractivity contribution in [2.75, 3.05) is 19.8 Å². The molecule has 158 valence electrons. The van der Waals surface area contributed by atoms with Crippen molar-refractivity contribution in [2.24, 2.45) is 0 Å². The molecule has 0 fully saturated rings. The average Bonchev–Trinajstić information content (AvgIpc) is 2.70. The van der Waals surface area contributed by atoms with Gasteiger partial charge in [0.05, 0.1) is 10.6 Å². The van der Waals surface area contributed by atoms with Crippen LogP contribution in [0.4, 0.5) is 5.95 Å². The van der Waals surface area contributed by atoms with E-state index in [1.165, 1.54) is 18.4 Å². The highest BCUT2D eigenvalue weighted by molar-refractivity contribution is 7.89. The van der Waals surface area contributed by atoms with E-state index >= 15 is 0 Å². The van der Waals surface area contributed by atoms with Gasteiger partial charge < -0.3 is 5.73 Å². The minimum Gasteiger partial charge on any atom is -0.368 e. The number of benzene rings is 2. The van der Waals surface area contributed by atoms with E-state index in [-0.39, 0.29) is 5.95 Å². The number of hydrogen-bond acceptors (Lipinski definition) is 5. The van der Waals surface area contributed by atoms with Gasteiger partial charge in [0.2, 0.25) is 16.0 Å². The molecule has 1 aromatic heterocycles. The van der Waals surface area contributed by atoms with Gasteiger partial charge in [-0.2, -0.15) is 0 Å². The number of hydrogen-bond donors (Lipinski definition) is 1. The number of nitrogen functional groups attached to an aromatic ring is 1. The van der Waals surface area contributed by atoms with E-state index in [0.29, 0.717) is 9.92 Å². The van der Waals surface area contributed by atoms with E-state index in [9.17, 15) is 8.42 Å². The predicted octanol–water partition coefficient (Wildman–Crippen LogP) is 4.11. The summed E-state index contributed by atoms with van der Waals surface area (Å²) in [6.45, 7) is 1.95. The third kappa shape index (κ3) is 4.98. The van der Waals surface area contributed by atoms with E-state index in [1.54, 1.807) is 12.1 Å². The summed E-state index contributed by atoms with van der Waals surface area (Å²) < 4.78 is 25.5. The molecular weight excluding hydrogens is 420 g/mol. The van der Waals surface area contributed by atoms with Crippen molar-refractivity contribution in [3.05, 3.63) is 70.4 Å². The molecule has 0 spiro atoms. The molecule has 2 N–H and O–H groups in total. The number of halogens is 1. The molecule has 0 saturated heterocycles. The first-order valence-electron chi connectivity index (χ1n) is 9.59. The summed E-state index contributed by atoms with van der Waals surface area (Å²) in [4.78, 5) is 9.02. The number of aromatic nitrogens is 2. The van der Waals surface area contributed by atoms with Gasteiger partial charge >= 0.3 is 0 Å². The van der Waals surface area contributed by atoms with Gasteiger partial charge in [-0.05, 0) is 61.6 Å². The lowest BCUT2D eigenvalue weighted by atomic mass is 10.0. The largest absolute Gasteiger partial charge is 0.368 e. The van der Waals surface area contributed by atoms with Gasteiger partial charge in [-0.1, -0.05) is 35.9 Å². The van der Waals surface area contributed by atoms with Crippen molar-refractivity contribution in [2.45, 2.75) is 31.1 Å². The quantitative estimate of drug-likeness (QED) is 0.592. The molecule has 0 atom stereocenters. The highest BCUT2D eigenvalue weighted by atomic mass is 35.5. The lowest BCUT2D eigenvalue weighted by Crippen LogP contribution is -2.22. The number of anilines is 1. The molecule has 0 aliphatic carbocycles. The SMILES string of the molecule is Cc1c(Cl)cccc1-c1cc(CCCc2ccc(S(=O)(=O)N(C)C)cc2)nc(N)n1. The van der Waals surface area contributed by atoms with Gasteiger partial charge in [-0.3, -0.25) is 0 Å². The molecule has 0 unspecified atom stereocenters. The lowest BCUT2D eigenvalue weighted by molar-refractivity contribution is 0.520. The molecule has 2 aromatic carbocycles. The van der Waals surface area contributed by atoms with Crippen LogP contribution in [0, 0.1) is 6.92 Å². The van der Waals surface area contributed by atoms with E-state index in [4.69, 9.17) is 17.3 Å². The zero-order valence-electron chi connectivity index (χ0n) is 17.3. The van der Waals surface area contributed by atoms with E-state index in [2.05, 4.69) is 9.97 Å². The highest BCUT2D eigenvalue weighted by Crippen LogP contribution is 2.28. The molecule has 30 heavy (non-hydrogen) atoms. The summed E-state index contributed by atoms with van der Waals surface area (Å²) >= 11 is 6.24. The number of sulfonamides is 1. The predicted molar refractivity (Wildman–Crippen MR) is 121 cm³/mol. The Morgan fingerprint density at radius 1 is 1.03 bits per heavy atom. The Bertz CT molecular complexity index is 1150. The van der Waals surface area contributed by atoms with Crippen molar-refractivity contribution in [1.82, 2.24) is 14.3 Å². The summed E-state index contributed by atoms with van der Waals surface area (Å²) in [6, 6.07) is 14.7. The van der Waals surface area contributed by atoms with Gasteiger partial charge in [-0.15, -0.1) is 0 Å². The number of nitrogens with zero attached hydrogens (tertiary/aromatic N) is 3. The second-order valence-electron chi connectivity index (χ2n) is 7.30. The van der Waals surface area contributed by atoms with Crippen LogP contribution in [-0.4, -0.2) is 36.8 Å². The fourth-order valence-corrected chi connectivity index (χ4v) is 4.26. The molecule has 0 aliphatic heterocycles. The van der Waals surface area contributed by atoms with Gasteiger partial charge in [0.15, 0.2) is 0 Å². The topological polar surface area (TPSA) is 89.2 Å². The Kier molecular flexibility index (Phi) is 6.75. The van der Waals surface area contributed by atoms with Crippen LogP contribution in [0.25, 0.3) is 11.3 Å². The Hall–Kier alpha value is -2.48. The lowest BCUT2D eigenvalue weighted by Gasteiger charge is -2.12. The van der Waals surface area contributed by atoms with Crippen molar-refractivity contribution < 1.29 is 8.42 Å². The first-order valence-corrected chi connectivity index (χ1v) is 11.4. The standard InChI is InChI=1S/C22H25ClN4O2S/c1-15-19(8-5-9-20(15)23)21-14-17(25-22(24)26-21)7-4-6-16-10-12-18(13-11-16)30(28,29)27(2)3/h5,8-14H,4,6-7H2,1-3H3,(H2,24,25,26). The monoisotopic (exact) mass is 444 g/mol. The van der Waals surface area contributed by atoms with Gasteiger partial charge in [0, 0.05) is 30.4 Å². The van der Waals surface area contributed by atoms with Crippen molar-refractivity contribution in [3.63, 3.8) is 0 Å². The van der Waals surface area contributed by atoms with Gasteiger partial charge in [0.25, 0.3) is 0 Å². The molecule has 6 nitrogen and oxygen atoms in total. The van der Waals surface area contributed by atoms with Gasteiger partial charge in [0.1, 0.15) is 0 Å². The molecule has 0 saturated carbocycles. The Morgan fingerprint density at radius 3 is 2.40 bits per heavy atom. The van der Waals surface area contributed by atoms with Crippen LogP contribution >= 0.6 is 11.6 Å². The molecule has 3 aromatic rings. The maximum atomic E-state index is 12.2. The Balaban J connectivity index is 1.70. The average molecular weight is 445 g/mol. The zero-order valence-corrected chi connectivity index (χ0v) is 18.8. The first-order chi connectivity index (χ1) is 14.2. The molecule has 0 amide bonds. The van der Waals surface area contributed by atoms with Crippen LogP contribution in [0.15, 0.2) is 53.4 Å². The zero-order chi connectivity index (χ0) is 21.9. The van der Waals surface area contributed by atoms with Crippen molar-refractivity contribution in [1.29, 1.82) is 0 Å². The van der Waals surface area contributed by atoms with E-state index in [0.717, 1.165) is 47.3 Å². The summed E-state index contributed by atoms with van der Waals surface area (Å²) in [5, 5.41) is 0.686. The fraction of sp³-hybridized carbons (Fsp3) is 0.273. The Labute approximate surface area is 182 Å². The molecule has 0 radical (unpaired) electrons. The summed E-state index contributed by atoms with van der Waals surface area (Å²) in [5.41, 5.74) is 10.5. The normalized spacial score (nSPS) is 11.8. The van der Waals surface area contributed by atoms with Crippen LogP contribution in [0.1, 0.15) is 23.2 Å². The molecule has 1 heterocycles. The Morgan fingerprint density at radius 2 is 1.73 bits per heavy atom. The van der Waals surface area contributed by atoms with E-state index < -0.39 is 10.0 Å². The van der Waals surface area contributed by atoms with Crippen molar-refractivity contribution in [3.8, 4) is 11.3 Å². The van der Waals surface area contributed by atoms with E-state index in [1.807, 2.05) is 43.3 Å². The third-order valence-corrected chi connectivity index (χ3v) is 7.18. The van der Waals surface area contributed by atoms with Crippen LogP contribution in [0.3, 0.4) is 0 Å². The fourth-order valence-electron chi connectivity index (χ4n) is 3.18. The number of rotatable bonds is 7. The maximum Gasteiger partial charge on any atom is 0.242 e. The van der Waals surface area contributed by atoms with Crippen LogP contribution in [0.5, 0.6) is 0 Å². The molecule has 8 heteroatoms. The molecule has 0 aliphatic rings. The molecule has 0 bridgehead atoms. The molecule has 3 rings (SSSR count). The molecular formula is C22H25ClN4O2S. The second-order valence-corrected chi connectivity index (χ2v) is 9.86. The minimum absolute atomic E-state index is 0.236. The minimum atomic E-state index is -3.41. The number of aryl methyl sites for hydroxylation is 2. The van der Waals surface area contributed by atoms with Crippen LogP contribution in [-0.2, 0) is 22.9 Å². The summed E-state index contributed by atoms with van der Waals surface area (Å²) in [7, 11) is -0.359. The van der Waals surface area contributed by atoms with Crippen molar-refractivity contribution >= 4 is 27.6 Å². The highest BCUT2D eigenvalue weighted by Gasteiger charge is 2.16.